The molecule has 0 saturated heterocycles. The number of ether oxygens (including phenoxy) is 1. The van der Waals surface area contributed by atoms with Crippen molar-refractivity contribution in [1.82, 2.24) is 15.0 Å². The van der Waals surface area contributed by atoms with Gasteiger partial charge in [-0.3, -0.25) is 4.90 Å². The lowest BCUT2D eigenvalue weighted by atomic mass is 9.83. The van der Waals surface area contributed by atoms with Crippen LogP contribution in [0.25, 0.3) is 17.5 Å². The summed E-state index contributed by atoms with van der Waals surface area (Å²) in [4.78, 5) is 17.6. The fraction of sp³-hybridized carbons (Fsp3) is 0.393. The lowest BCUT2D eigenvalue weighted by molar-refractivity contribution is -0.134. The summed E-state index contributed by atoms with van der Waals surface area (Å²) in [6, 6.07) is 6.74. The second-order valence-corrected chi connectivity index (χ2v) is 9.88. The van der Waals surface area contributed by atoms with E-state index in [-0.39, 0.29) is 23.7 Å². The topological polar surface area (TPSA) is 68.5 Å². The van der Waals surface area contributed by atoms with Crippen LogP contribution in [0.3, 0.4) is 0 Å². The molecule has 2 atom stereocenters. The molecule has 0 fully saturated rings. The van der Waals surface area contributed by atoms with Crippen molar-refractivity contribution >= 4 is 12.0 Å². The Bertz CT molecular complexity index is 1310. The summed E-state index contributed by atoms with van der Waals surface area (Å²) in [5, 5.41) is 4.03. The van der Waals surface area contributed by atoms with Crippen LogP contribution in [0.15, 0.2) is 40.9 Å². The van der Waals surface area contributed by atoms with Crippen molar-refractivity contribution in [3.8, 4) is 11.4 Å². The highest BCUT2D eigenvalue weighted by atomic mass is 19.1. The van der Waals surface area contributed by atoms with Gasteiger partial charge in [-0.25, -0.2) is 18.0 Å². The number of hydrogen-bond acceptors (Lipinski definition) is 6. The molecule has 1 aliphatic rings. The van der Waals surface area contributed by atoms with E-state index in [2.05, 4.69) is 14.9 Å². The predicted octanol–water partition coefficient (Wildman–Crippen LogP) is 5.85. The van der Waals surface area contributed by atoms with Crippen LogP contribution in [-0.2, 0) is 22.4 Å². The Kier molecular flexibility index (Phi) is 7.54. The SMILES string of the molecule is CCc1nc(-c2ccc3c(c2)CC(C)N(CC(C)(C)F)C3c2c(F)cc(/C=C/C(=O)OC)cc2F)no1. The van der Waals surface area contributed by atoms with Crippen LogP contribution in [0, 0.1) is 11.6 Å². The van der Waals surface area contributed by atoms with E-state index in [9.17, 15) is 9.18 Å². The molecule has 9 heteroatoms. The standard InChI is InChI=1S/C28H30F3N3O3/c1-6-23-32-27(33-37-23)18-8-9-20-19(14-18)11-16(2)34(15-28(3,4)31)26(20)25-21(29)12-17(13-22(25)30)7-10-24(35)36-5/h7-10,12-14,16,26H,6,11,15H2,1-5H3/b10-7+. The van der Waals surface area contributed by atoms with E-state index >= 15 is 8.78 Å². The van der Waals surface area contributed by atoms with Gasteiger partial charge in [0.05, 0.1) is 13.2 Å². The van der Waals surface area contributed by atoms with Crippen LogP contribution in [0.2, 0.25) is 0 Å². The number of methoxy groups -OCH3 is 1. The van der Waals surface area contributed by atoms with E-state index in [1.54, 1.807) is 17.0 Å². The molecule has 0 N–H and O–H groups in total. The lowest BCUT2D eigenvalue weighted by Gasteiger charge is -2.44. The van der Waals surface area contributed by atoms with E-state index in [0.29, 0.717) is 30.1 Å². The van der Waals surface area contributed by atoms with Gasteiger partial charge in [-0.1, -0.05) is 24.2 Å². The fourth-order valence-corrected chi connectivity index (χ4v) is 4.77. The highest BCUT2D eigenvalue weighted by molar-refractivity contribution is 5.86. The maximum absolute atomic E-state index is 15.6. The highest BCUT2D eigenvalue weighted by Crippen LogP contribution is 2.42. The Hall–Kier alpha value is -3.46. The monoisotopic (exact) mass is 513 g/mol. The second kappa shape index (κ2) is 10.5. The fourth-order valence-electron chi connectivity index (χ4n) is 4.77. The quantitative estimate of drug-likeness (QED) is 0.292. The minimum absolute atomic E-state index is 0.0202. The first-order valence-corrected chi connectivity index (χ1v) is 12.2. The molecule has 4 rings (SSSR count). The van der Waals surface area contributed by atoms with Gasteiger partial charge < -0.3 is 9.26 Å². The summed E-state index contributed by atoms with van der Waals surface area (Å²) < 4.78 is 55.8. The first-order valence-electron chi connectivity index (χ1n) is 12.2. The van der Waals surface area contributed by atoms with Crippen molar-refractivity contribution in [3.05, 3.63) is 76.2 Å². The average Bonchev–Trinajstić information content (AvgIpc) is 3.32. The Balaban J connectivity index is 1.83. The number of halogens is 3. The molecule has 6 nitrogen and oxygen atoms in total. The normalized spacial score (nSPS) is 18.3. The van der Waals surface area contributed by atoms with Gasteiger partial charge in [0.2, 0.25) is 11.7 Å². The number of rotatable bonds is 7. The highest BCUT2D eigenvalue weighted by Gasteiger charge is 2.39. The molecule has 0 radical (unpaired) electrons. The average molecular weight is 514 g/mol. The van der Waals surface area contributed by atoms with Gasteiger partial charge >= 0.3 is 5.97 Å². The van der Waals surface area contributed by atoms with Crippen molar-refractivity contribution in [3.63, 3.8) is 0 Å². The van der Waals surface area contributed by atoms with Gasteiger partial charge in [-0.05, 0) is 68.2 Å². The summed E-state index contributed by atoms with van der Waals surface area (Å²) >= 11 is 0. The van der Waals surface area contributed by atoms with Gasteiger partial charge in [0, 0.05) is 36.2 Å². The molecule has 0 saturated carbocycles. The lowest BCUT2D eigenvalue weighted by Crippen LogP contribution is -2.48. The number of nitrogens with zero attached hydrogens (tertiary/aromatic N) is 3. The molecule has 0 aliphatic carbocycles. The van der Waals surface area contributed by atoms with Crippen LogP contribution in [0.5, 0.6) is 0 Å². The number of alkyl halides is 1. The number of carbonyl (C=O) groups excluding carboxylic acids is 1. The van der Waals surface area contributed by atoms with E-state index in [0.717, 1.165) is 29.3 Å². The van der Waals surface area contributed by atoms with Crippen LogP contribution in [0.1, 0.15) is 61.9 Å². The first-order chi connectivity index (χ1) is 17.5. The zero-order valence-corrected chi connectivity index (χ0v) is 21.5. The van der Waals surface area contributed by atoms with Gasteiger partial charge in [-0.15, -0.1) is 0 Å². The molecule has 1 aliphatic heterocycles. The van der Waals surface area contributed by atoms with Crippen molar-refractivity contribution in [2.45, 2.75) is 58.3 Å². The largest absolute Gasteiger partial charge is 0.466 e. The molecule has 196 valence electrons. The first kappa shape index (κ1) is 26.6. The van der Waals surface area contributed by atoms with Crippen molar-refractivity contribution < 1.29 is 27.2 Å². The Morgan fingerprint density at radius 1 is 1.24 bits per heavy atom. The zero-order valence-electron chi connectivity index (χ0n) is 21.5. The van der Waals surface area contributed by atoms with Gasteiger partial charge in [-0.2, -0.15) is 4.98 Å². The van der Waals surface area contributed by atoms with Gasteiger partial charge in [0.25, 0.3) is 0 Å². The number of aryl methyl sites for hydroxylation is 1. The molecule has 0 bridgehead atoms. The third-order valence-electron chi connectivity index (χ3n) is 6.43. The minimum Gasteiger partial charge on any atom is -0.466 e. The van der Waals surface area contributed by atoms with E-state index in [4.69, 9.17) is 4.52 Å². The predicted molar refractivity (Wildman–Crippen MR) is 133 cm³/mol. The maximum Gasteiger partial charge on any atom is 0.330 e. The van der Waals surface area contributed by atoms with Gasteiger partial charge in [0.15, 0.2) is 0 Å². The van der Waals surface area contributed by atoms with Crippen LogP contribution >= 0.6 is 0 Å². The Morgan fingerprint density at radius 3 is 2.54 bits per heavy atom. The number of carbonyl (C=O) groups is 1. The Morgan fingerprint density at radius 2 is 1.95 bits per heavy atom. The number of benzene rings is 2. The summed E-state index contributed by atoms with van der Waals surface area (Å²) in [7, 11) is 1.21. The number of aromatic nitrogens is 2. The van der Waals surface area contributed by atoms with Crippen molar-refractivity contribution in [2.75, 3.05) is 13.7 Å². The molecule has 0 spiro atoms. The molecular formula is C28H30F3N3O3. The minimum atomic E-state index is -1.60. The molecule has 3 aromatic rings. The third kappa shape index (κ3) is 5.77. The Labute approximate surface area is 214 Å². The zero-order chi connectivity index (χ0) is 26.9. The molecule has 1 aromatic heterocycles. The molecule has 37 heavy (non-hydrogen) atoms. The molecule has 0 amide bonds. The summed E-state index contributed by atoms with van der Waals surface area (Å²) in [6.07, 6.45) is 3.53. The van der Waals surface area contributed by atoms with Crippen LogP contribution < -0.4 is 0 Å². The number of fused-ring (bicyclic) bond motifs is 1. The smallest absolute Gasteiger partial charge is 0.330 e. The summed E-state index contributed by atoms with van der Waals surface area (Å²) in [5.41, 5.74) is 0.691. The number of esters is 1. The third-order valence-corrected chi connectivity index (χ3v) is 6.43. The van der Waals surface area contributed by atoms with Crippen LogP contribution in [0.4, 0.5) is 13.2 Å². The molecule has 2 heterocycles. The second-order valence-electron chi connectivity index (χ2n) is 9.88. The summed E-state index contributed by atoms with van der Waals surface area (Å²) in [5.74, 6) is -1.26. The van der Waals surface area contributed by atoms with Gasteiger partial charge in [0.1, 0.15) is 17.3 Å². The van der Waals surface area contributed by atoms with Crippen molar-refractivity contribution in [2.24, 2.45) is 0 Å². The number of hydrogen-bond donors (Lipinski definition) is 0. The maximum atomic E-state index is 15.6. The van der Waals surface area contributed by atoms with Crippen LogP contribution in [-0.4, -0.2) is 46.4 Å². The molecular weight excluding hydrogens is 483 g/mol. The van der Waals surface area contributed by atoms with Crippen molar-refractivity contribution in [1.29, 1.82) is 0 Å². The summed E-state index contributed by atoms with van der Waals surface area (Å²) in [6.45, 7) is 6.71. The van der Waals surface area contributed by atoms with E-state index < -0.39 is 29.3 Å². The van der Waals surface area contributed by atoms with E-state index in [1.165, 1.54) is 27.0 Å². The van der Waals surface area contributed by atoms with E-state index in [1.807, 2.05) is 19.9 Å². The molecule has 2 aromatic carbocycles. The molecule has 2 unspecified atom stereocenters.